The number of nitrogens with zero attached hydrogens (tertiary/aromatic N) is 1. The first-order chi connectivity index (χ1) is 6.69. The summed E-state index contributed by atoms with van der Waals surface area (Å²) in [6, 6.07) is 10.2. The summed E-state index contributed by atoms with van der Waals surface area (Å²) in [5.74, 6) is 0. The molecule has 0 spiro atoms. The first-order valence-electron chi connectivity index (χ1n) is 4.95. The predicted molar refractivity (Wildman–Crippen MR) is 55.7 cm³/mol. The van der Waals surface area contributed by atoms with Crippen LogP contribution in [0.15, 0.2) is 24.3 Å². The molecule has 0 amide bonds. The van der Waals surface area contributed by atoms with Crippen molar-refractivity contribution in [1.82, 2.24) is 0 Å². The Labute approximate surface area is 84.3 Å². The Morgan fingerprint density at radius 1 is 1.50 bits per heavy atom. The van der Waals surface area contributed by atoms with Crippen molar-refractivity contribution in [3.8, 4) is 6.07 Å². The second-order valence-corrected chi connectivity index (χ2v) is 4.14. The topological polar surface area (TPSA) is 49.8 Å². The van der Waals surface area contributed by atoms with Crippen LogP contribution in [0.4, 0.5) is 0 Å². The highest BCUT2D eigenvalue weighted by Gasteiger charge is 2.47. The lowest BCUT2D eigenvalue weighted by Crippen LogP contribution is -2.31. The third kappa shape index (κ3) is 1.30. The summed E-state index contributed by atoms with van der Waals surface area (Å²) < 4.78 is 0. The Kier molecular flexibility index (Phi) is 2.05. The molecule has 0 saturated heterocycles. The first kappa shape index (κ1) is 9.23. The molecule has 1 aromatic rings. The van der Waals surface area contributed by atoms with E-state index < -0.39 is 0 Å². The molecular weight excluding hydrogens is 172 g/mol. The van der Waals surface area contributed by atoms with Gasteiger partial charge in [-0.1, -0.05) is 12.1 Å². The molecule has 2 nitrogen and oxygen atoms in total. The number of hydrogen-bond acceptors (Lipinski definition) is 2. The molecule has 14 heavy (non-hydrogen) atoms. The van der Waals surface area contributed by atoms with E-state index >= 15 is 0 Å². The third-order valence-electron chi connectivity index (χ3n) is 3.23. The van der Waals surface area contributed by atoms with E-state index in [-0.39, 0.29) is 11.5 Å². The van der Waals surface area contributed by atoms with Crippen LogP contribution in [0.2, 0.25) is 0 Å². The first-order valence-corrected chi connectivity index (χ1v) is 4.95. The highest BCUT2D eigenvalue weighted by atomic mass is 14.7. The standard InChI is InChI=1S/C12H14N2/c1-9(14)12(5-6-12)11-4-2-3-10(7-11)8-13/h2-4,7,9H,5-6,14H2,1H3. The van der Waals surface area contributed by atoms with Crippen LogP contribution in [0.3, 0.4) is 0 Å². The Hall–Kier alpha value is -1.33. The molecular formula is C12H14N2. The minimum Gasteiger partial charge on any atom is -0.327 e. The normalized spacial score (nSPS) is 19.8. The van der Waals surface area contributed by atoms with Crippen LogP contribution in [0, 0.1) is 11.3 Å². The van der Waals surface area contributed by atoms with E-state index in [4.69, 9.17) is 11.0 Å². The zero-order valence-electron chi connectivity index (χ0n) is 8.33. The van der Waals surface area contributed by atoms with Gasteiger partial charge in [-0.25, -0.2) is 0 Å². The summed E-state index contributed by atoms with van der Waals surface area (Å²) >= 11 is 0. The molecule has 1 aliphatic rings. The summed E-state index contributed by atoms with van der Waals surface area (Å²) in [4.78, 5) is 0. The van der Waals surface area contributed by atoms with E-state index in [1.54, 1.807) is 0 Å². The van der Waals surface area contributed by atoms with Crippen molar-refractivity contribution in [1.29, 1.82) is 5.26 Å². The SMILES string of the molecule is CC(N)C1(c2cccc(C#N)c2)CC1. The molecule has 0 radical (unpaired) electrons. The van der Waals surface area contributed by atoms with Crippen molar-refractivity contribution in [3.05, 3.63) is 35.4 Å². The highest BCUT2D eigenvalue weighted by molar-refractivity contribution is 5.40. The number of nitrogens with two attached hydrogens (primary N) is 1. The van der Waals surface area contributed by atoms with Gasteiger partial charge < -0.3 is 5.73 Å². The van der Waals surface area contributed by atoms with Crippen LogP contribution in [-0.2, 0) is 5.41 Å². The molecule has 0 aromatic heterocycles. The van der Waals surface area contributed by atoms with Gasteiger partial charge in [-0.15, -0.1) is 0 Å². The summed E-state index contributed by atoms with van der Waals surface area (Å²) in [6.45, 7) is 2.05. The van der Waals surface area contributed by atoms with Crippen molar-refractivity contribution in [2.45, 2.75) is 31.2 Å². The number of nitriles is 1. The summed E-state index contributed by atoms with van der Waals surface area (Å²) in [5.41, 5.74) is 8.09. The fraction of sp³-hybridized carbons (Fsp3) is 0.417. The van der Waals surface area contributed by atoms with Gasteiger partial charge in [0.2, 0.25) is 0 Å². The van der Waals surface area contributed by atoms with Crippen LogP contribution in [0.25, 0.3) is 0 Å². The molecule has 0 aliphatic heterocycles. The van der Waals surface area contributed by atoms with Crippen molar-refractivity contribution in [3.63, 3.8) is 0 Å². The minimum absolute atomic E-state index is 0.160. The molecule has 1 aromatic carbocycles. The highest BCUT2D eigenvalue weighted by Crippen LogP contribution is 2.50. The second-order valence-electron chi connectivity index (χ2n) is 4.14. The van der Waals surface area contributed by atoms with Crippen LogP contribution in [0.1, 0.15) is 30.9 Å². The average molecular weight is 186 g/mol. The van der Waals surface area contributed by atoms with Crippen molar-refractivity contribution in [2.24, 2.45) is 5.73 Å². The summed E-state index contributed by atoms with van der Waals surface area (Å²) in [6.07, 6.45) is 2.30. The lowest BCUT2D eigenvalue weighted by molar-refractivity contribution is 0.556. The van der Waals surface area contributed by atoms with E-state index in [1.165, 1.54) is 5.56 Å². The zero-order valence-corrected chi connectivity index (χ0v) is 8.33. The molecule has 1 fully saturated rings. The monoisotopic (exact) mass is 186 g/mol. The molecule has 1 unspecified atom stereocenters. The molecule has 72 valence electrons. The maximum Gasteiger partial charge on any atom is 0.0991 e. The van der Waals surface area contributed by atoms with E-state index in [9.17, 15) is 0 Å². The number of rotatable bonds is 2. The zero-order chi connectivity index (χ0) is 10.2. The quantitative estimate of drug-likeness (QED) is 0.767. The lowest BCUT2D eigenvalue weighted by Gasteiger charge is -2.19. The van der Waals surface area contributed by atoms with E-state index in [1.807, 2.05) is 25.1 Å². The molecule has 1 saturated carbocycles. The van der Waals surface area contributed by atoms with Gasteiger partial charge in [-0.05, 0) is 37.5 Å². The number of benzene rings is 1. The largest absolute Gasteiger partial charge is 0.327 e. The van der Waals surface area contributed by atoms with Crippen molar-refractivity contribution in [2.75, 3.05) is 0 Å². The fourth-order valence-corrected chi connectivity index (χ4v) is 2.04. The van der Waals surface area contributed by atoms with E-state index in [0.717, 1.165) is 18.4 Å². The van der Waals surface area contributed by atoms with Crippen molar-refractivity contribution >= 4 is 0 Å². The van der Waals surface area contributed by atoms with Crippen molar-refractivity contribution < 1.29 is 0 Å². The molecule has 1 atom stereocenters. The molecule has 0 heterocycles. The lowest BCUT2D eigenvalue weighted by atomic mass is 9.89. The molecule has 2 heteroatoms. The van der Waals surface area contributed by atoms with Gasteiger partial charge in [0.25, 0.3) is 0 Å². The van der Waals surface area contributed by atoms with Gasteiger partial charge in [-0.3, -0.25) is 0 Å². The Morgan fingerprint density at radius 3 is 2.71 bits per heavy atom. The molecule has 0 bridgehead atoms. The Balaban J connectivity index is 2.38. The van der Waals surface area contributed by atoms with Crippen LogP contribution in [0.5, 0.6) is 0 Å². The molecule has 2 N–H and O–H groups in total. The maximum atomic E-state index is 8.81. The van der Waals surface area contributed by atoms with Gasteiger partial charge in [0.1, 0.15) is 0 Å². The van der Waals surface area contributed by atoms with E-state index in [2.05, 4.69) is 12.1 Å². The van der Waals surface area contributed by atoms with Gasteiger partial charge in [0.15, 0.2) is 0 Å². The fourth-order valence-electron chi connectivity index (χ4n) is 2.04. The van der Waals surface area contributed by atoms with Crippen LogP contribution >= 0.6 is 0 Å². The Morgan fingerprint density at radius 2 is 2.21 bits per heavy atom. The Bertz CT molecular complexity index is 384. The van der Waals surface area contributed by atoms with Gasteiger partial charge in [-0.2, -0.15) is 5.26 Å². The summed E-state index contributed by atoms with van der Waals surface area (Å²) in [5, 5.41) is 8.81. The predicted octanol–water partition coefficient (Wildman–Crippen LogP) is 1.94. The number of hydrogen-bond donors (Lipinski definition) is 1. The summed E-state index contributed by atoms with van der Waals surface area (Å²) in [7, 11) is 0. The maximum absolute atomic E-state index is 8.81. The third-order valence-corrected chi connectivity index (χ3v) is 3.23. The second kappa shape index (κ2) is 3.11. The molecule has 1 aliphatic carbocycles. The minimum atomic E-state index is 0.160. The smallest absolute Gasteiger partial charge is 0.0991 e. The van der Waals surface area contributed by atoms with Crippen LogP contribution < -0.4 is 5.73 Å². The average Bonchev–Trinajstić information content (AvgIpc) is 2.98. The van der Waals surface area contributed by atoms with Crippen LogP contribution in [-0.4, -0.2) is 6.04 Å². The van der Waals surface area contributed by atoms with E-state index in [0.29, 0.717) is 0 Å². The van der Waals surface area contributed by atoms with Gasteiger partial charge in [0, 0.05) is 11.5 Å². The van der Waals surface area contributed by atoms with Gasteiger partial charge >= 0.3 is 0 Å². The molecule has 2 rings (SSSR count). The van der Waals surface area contributed by atoms with Gasteiger partial charge in [0.05, 0.1) is 11.6 Å².